The Bertz CT molecular complexity index is 391. The lowest BCUT2D eigenvalue weighted by Crippen LogP contribution is -2.24. The number of aromatic nitrogens is 2. The summed E-state index contributed by atoms with van der Waals surface area (Å²) in [6.07, 6.45) is 4.79. The van der Waals surface area contributed by atoms with Gasteiger partial charge in [-0.3, -0.25) is 0 Å². The van der Waals surface area contributed by atoms with Gasteiger partial charge in [0.05, 0.1) is 0 Å². The average Bonchev–Trinajstić information content (AvgIpc) is 2.89. The van der Waals surface area contributed by atoms with Crippen molar-refractivity contribution < 1.29 is 0 Å². The molecule has 1 saturated heterocycles. The van der Waals surface area contributed by atoms with Crippen LogP contribution in [0.25, 0.3) is 0 Å². The van der Waals surface area contributed by atoms with Crippen LogP contribution in [0.15, 0.2) is 6.07 Å². The van der Waals surface area contributed by atoms with Gasteiger partial charge in [0.1, 0.15) is 11.0 Å². The molecule has 1 aliphatic rings. The Kier molecular flexibility index (Phi) is 4.64. The fourth-order valence-corrected chi connectivity index (χ4v) is 2.34. The SMILES string of the molecule is CCCCN(C)c1nc(Cl)cc(N2CCCC2)n1. The van der Waals surface area contributed by atoms with E-state index in [1.54, 1.807) is 0 Å². The molecule has 0 atom stereocenters. The van der Waals surface area contributed by atoms with Crippen LogP contribution in [-0.4, -0.2) is 36.6 Å². The first kappa shape index (κ1) is 13.4. The molecule has 0 saturated carbocycles. The molecule has 5 heteroatoms. The van der Waals surface area contributed by atoms with Crippen LogP contribution in [0.3, 0.4) is 0 Å². The molecule has 2 heterocycles. The molecule has 1 fully saturated rings. The Morgan fingerprint density at radius 1 is 1.33 bits per heavy atom. The van der Waals surface area contributed by atoms with Crippen molar-refractivity contribution in [2.75, 3.05) is 36.5 Å². The van der Waals surface area contributed by atoms with Crippen molar-refractivity contribution >= 4 is 23.4 Å². The van der Waals surface area contributed by atoms with Gasteiger partial charge in [-0.1, -0.05) is 24.9 Å². The molecule has 1 aliphatic heterocycles. The highest BCUT2D eigenvalue weighted by molar-refractivity contribution is 6.29. The Labute approximate surface area is 114 Å². The van der Waals surface area contributed by atoms with Gasteiger partial charge in [0.25, 0.3) is 0 Å². The van der Waals surface area contributed by atoms with Crippen LogP contribution >= 0.6 is 11.6 Å². The molecule has 0 aliphatic carbocycles. The molecule has 100 valence electrons. The predicted molar refractivity (Wildman–Crippen MR) is 76.7 cm³/mol. The maximum atomic E-state index is 6.10. The van der Waals surface area contributed by atoms with Crippen molar-refractivity contribution in [3.05, 3.63) is 11.2 Å². The van der Waals surface area contributed by atoms with E-state index in [9.17, 15) is 0 Å². The van der Waals surface area contributed by atoms with E-state index in [0.29, 0.717) is 5.15 Å². The van der Waals surface area contributed by atoms with Gasteiger partial charge in [0.15, 0.2) is 0 Å². The summed E-state index contributed by atoms with van der Waals surface area (Å²) in [5, 5.41) is 0.533. The van der Waals surface area contributed by atoms with Crippen molar-refractivity contribution in [2.45, 2.75) is 32.6 Å². The summed E-state index contributed by atoms with van der Waals surface area (Å²) in [6.45, 7) is 5.30. The molecular weight excluding hydrogens is 248 g/mol. The molecule has 1 aromatic rings. The lowest BCUT2D eigenvalue weighted by Gasteiger charge is -2.21. The van der Waals surface area contributed by atoms with Crippen LogP contribution in [0.1, 0.15) is 32.6 Å². The van der Waals surface area contributed by atoms with Gasteiger partial charge < -0.3 is 9.80 Å². The minimum atomic E-state index is 0.533. The van der Waals surface area contributed by atoms with Crippen LogP contribution in [0.5, 0.6) is 0 Å². The highest BCUT2D eigenvalue weighted by Crippen LogP contribution is 2.23. The van der Waals surface area contributed by atoms with E-state index in [4.69, 9.17) is 11.6 Å². The van der Waals surface area contributed by atoms with Gasteiger partial charge in [0.2, 0.25) is 5.95 Å². The normalized spacial score (nSPS) is 15.2. The zero-order valence-electron chi connectivity index (χ0n) is 11.2. The molecule has 2 rings (SSSR count). The lowest BCUT2D eigenvalue weighted by molar-refractivity contribution is 0.748. The number of anilines is 2. The summed E-state index contributed by atoms with van der Waals surface area (Å²) in [5.41, 5.74) is 0. The number of unbranched alkanes of at least 4 members (excludes halogenated alkanes) is 1. The van der Waals surface area contributed by atoms with E-state index in [1.807, 2.05) is 13.1 Å². The number of nitrogens with zero attached hydrogens (tertiary/aromatic N) is 4. The zero-order chi connectivity index (χ0) is 13.0. The topological polar surface area (TPSA) is 32.3 Å². The Morgan fingerprint density at radius 2 is 2.06 bits per heavy atom. The molecule has 0 radical (unpaired) electrons. The fourth-order valence-electron chi connectivity index (χ4n) is 2.17. The molecule has 1 aromatic heterocycles. The van der Waals surface area contributed by atoms with E-state index < -0.39 is 0 Å². The summed E-state index contributed by atoms with van der Waals surface area (Å²) < 4.78 is 0. The Morgan fingerprint density at radius 3 is 2.72 bits per heavy atom. The summed E-state index contributed by atoms with van der Waals surface area (Å²) in [5.74, 6) is 1.70. The van der Waals surface area contributed by atoms with Crippen LogP contribution < -0.4 is 9.80 Å². The lowest BCUT2D eigenvalue weighted by atomic mass is 10.3. The Balaban J connectivity index is 2.14. The van der Waals surface area contributed by atoms with Gasteiger partial charge in [-0.05, 0) is 19.3 Å². The third-order valence-electron chi connectivity index (χ3n) is 3.29. The van der Waals surface area contributed by atoms with Gasteiger partial charge in [-0.25, -0.2) is 4.98 Å². The van der Waals surface area contributed by atoms with E-state index in [2.05, 4.69) is 26.7 Å². The molecule has 0 spiro atoms. The average molecular weight is 269 g/mol. The van der Waals surface area contributed by atoms with Gasteiger partial charge in [0, 0.05) is 32.7 Å². The van der Waals surface area contributed by atoms with Crippen molar-refractivity contribution in [3.63, 3.8) is 0 Å². The van der Waals surface area contributed by atoms with E-state index in [0.717, 1.165) is 37.8 Å². The van der Waals surface area contributed by atoms with Crippen molar-refractivity contribution in [1.29, 1.82) is 0 Å². The zero-order valence-corrected chi connectivity index (χ0v) is 11.9. The van der Waals surface area contributed by atoms with Crippen LogP contribution in [-0.2, 0) is 0 Å². The molecule has 0 N–H and O–H groups in total. The molecule has 0 unspecified atom stereocenters. The fraction of sp³-hybridized carbons (Fsp3) is 0.692. The number of hydrogen-bond donors (Lipinski definition) is 0. The third kappa shape index (κ3) is 3.25. The molecule has 0 amide bonds. The standard InChI is InChI=1S/C13H21ClN4/c1-3-4-7-17(2)13-15-11(14)10-12(16-13)18-8-5-6-9-18/h10H,3-9H2,1-2H3. The van der Waals surface area contributed by atoms with Gasteiger partial charge >= 0.3 is 0 Å². The van der Waals surface area contributed by atoms with Gasteiger partial charge in [-0.15, -0.1) is 0 Å². The third-order valence-corrected chi connectivity index (χ3v) is 3.48. The first-order valence-electron chi connectivity index (χ1n) is 6.71. The first-order valence-corrected chi connectivity index (χ1v) is 7.09. The maximum Gasteiger partial charge on any atom is 0.228 e. The van der Waals surface area contributed by atoms with Crippen LogP contribution in [0.4, 0.5) is 11.8 Å². The second-order valence-electron chi connectivity index (χ2n) is 4.82. The highest BCUT2D eigenvalue weighted by Gasteiger charge is 2.16. The van der Waals surface area contributed by atoms with E-state index >= 15 is 0 Å². The largest absolute Gasteiger partial charge is 0.356 e. The van der Waals surface area contributed by atoms with E-state index in [-0.39, 0.29) is 0 Å². The quantitative estimate of drug-likeness (QED) is 0.769. The summed E-state index contributed by atoms with van der Waals surface area (Å²) in [6, 6.07) is 1.87. The Hall–Kier alpha value is -1.03. The van der Waals surface area contributed by atoms with Gasteiger partial charge in [-0.2, -0.15) is 4.98 Å². The smallest absolute Gasteiger partial charge is 0.228 e. The minimum absolute atomic E-state index is 0.533. The second-order valence-corrected chi connectivity index (χ2v) is 5.21. The summed E-state index contributed by atoms with van der Waals surface area (Å²) in [7, 11) is 2.02. The van der Waals surface area contributed by atoms with Crippen molar-refractivity contribution in [3.8, 4) is 0 Å². The van der Waals surface area contributed by atoms with Crippen LogP contribution in [0, 0.1) is 0 Å². The highest BCUT2D eigenvalue weighted by atomic mass is 35.5. The summed E-state index contributed by atoms with van der Waals surface area (Å²) >= 11 is 6.10. The monoisotopic (exact) mass is 268 g/mol. The van der Waals surface area contributed by atoms with Crippen LogP contribution in [0.2, 0.25) is 5.15 Å². The first-order chi connectivity index (χ1) is 8.70. The molecule has 0 aromatic carbocycles. The molecule has 0 bridgehead atoms. The van der Waals surface area contributed by atoms with E-state index in [1.165, 1.54) is 19.3 Å². The number of halogens is 1. The maximum absolute atomic E-state index is 6.10. The number of rotatable bonds is 5. The molecule has 18 heavy (non-hydrogen) atoms. The van der Waals surface area contributed by atoms with Crippen molar-refractivity contribution in [1.82, 2.24) is 9.97 Å². The molecular formula is C13H21ClN4. The number of hydrogen-bond acceptors (Lipinski definition) is 4. The van der Waals surface area contributed by atoms with Crippen molar-refractivity contribution in [2.24, 2.45) is 0 Å². The summed E-state index contributed by atoms with van der Waals surface area (Å²) in [4.78, 5) is 13.3. The predicted octanol–water partition coefficient (Wildman–Crippen LogP) is 2.97. The minimum Gasteiger partial charge on any atom is -0.356 e. The molecule has 4 nitrogen and oxygen atoms in total. The second kappa shape index (κ2) is 6.23.